The van der Waals surface area contributed by atoms with E-state index in [1.54, 1.807) is 0 Å². The van der Waals surface area contributed by atoms with Crippen LogP contribution in [-0.4, -0.2) is 17.2 Å². The minimum Gasteiger partial charge on any atom is -0.351 e. The maximum absolute atomic E-state index is 3.34. The number of aromatic nitrogens is 1. The first-order chi connectivity index (χ1) is 7.52. The number of hydrogen-bond donors (Lipinski definition) is 1. The van der Waals surface area contributed by atoms with Crippen LogP contribution in [0.5, 0.6) is 0 Å². The van der Waals surface area contributed by atoms with Crippen molar-refractivity contribution in [2.75, 3.05) is 7.05 Å². The number of aryl methyl sites for hydroxylation is 1. The SMILES string of the molecule is CNC(C)(C)Cc1ccc2ccn(C)c2c1. The van der Waals surface area contributed by atoms with E-state index in [1.165, 1.54) is 16.5 Å². The van der Waals surface area contributed by atoms with Crippen LogP contribution in [0.4, 0.5) is 0 Å². The van der Waals surface area contributed by atoms with Crippen molar-refractivity contribution >= 4 is 10.9 Å². The zero-order valence-electron chi connectivity index (χ0n) is 10.5. The van der Waals surface area contributed by atoms with E-state index in [9.17, 15) is 0 Å². The molecule has 0 saturated heterocycles. The molecule has 2 rings (SSSR count). The molecule has 0 aliphatic heterocycles. The monoisotopic (exact) mass is 216 g/mol. The molecule has 16 heavy (non-hydrogen) atoms. The lowest BCUT2D eigenvalue weighted by Crippen LogP contribution is -2.38. The van der Waals surface area contributed by atoms with E-state index in [-0.39, 0.29) is 5.54 Å². The molecule has 0 saturated carbocycles. The Morgan fingerprint density at radius 2 is 2.00 bits per heavy atom. The highest BCUT2D eigenvalue weighted by atomic mass is 14.9. The number of fused-ring (bicyclic) bond motifs is 1. The third-order valence-corrected chi connectivity index (χ3v) is 3.28. The molecule has 0 amide bonds. The van der Waals surface area contributed by atoms with Gasteiger partial charge in [-0.3, -0.25) is 0 Å². The van der Waals surface area contributed by atoms with Gasteiger partial charge in [-0.1, -0.05) is 12.1 Å². The van der Waals surface area contributed by atoms with Crippen molar-refractivity contribution in [3.05, 3.63) is 36.0 Å². The topological polar surface area (TPSA) is 17.0 Å². The first-order valence-electron chi connectivity index (χ1n) is 5.75. The van der Waals surface area contributed by atoms with E-state index < -0.39 is 0 Å². The Morgan fingerprint density at radius 3 is 2.69 bits per heavy atom. The van der Waals surface area contributed by atoms with Crippen molar-refractivity contribution in [2.24, 2.45) is 7.05 Å². The molecule has 1 aromatic heterocycles. The average molecular weight is 216 g/mol. The molecule has 0 radical (unpaired) electrons. The van der Waals surface area contributed by atoms with Crippen LogP contribution in [0.15, 0.2) is 30.5 Å². The molecule has 0 fully saturated rings. The van der Waals surface area contributed by atoms with Crippen molar-refractivity contribution < 1.29 is 0 Å². The lowest BCUT2D eigenvalue weighted by molar-refractivity contribution is 0.422. The third kappa shape index (κ3) is 2.12. The maximum atomic E-state index is 3.34. The zero-order chi connectivity index (χ0) is 11.8. The second kappa shape index (κ2) is 3.95. The summed E-state index contributed by atoms with van der Waals surface area (Å²) in [5.41, 5.74) is 2.84. The van der Waals surface area contributed by atoms with Gasteiger partial charge in [-0.25, -0.2) is 0 Å². The molecule has 1 heterocycles. The van der Waals surface area contributed by atoms with Gasteiger partial charge in [-0.2, -0.15) is 0 Å². The van der Waals surface area contributed by atoms with Crippen LogP contribution in [0.2, 0.25) is 0 Å². The summed E-state index contributed by atoms with van der Waals surface area (Å²) in [4.78, 5) is 0. The smallest absolute Gasteiger partial charge is 0.0480 e. The van der Waals surface area contributed by atoms with Gasteiger partial charge in [0.1, 0.15) is 0 Å². The highest BCUT2D eigenvalue weighted by molar-refractivity contribution is 5.80. The Balaban J connectivity index is 2.35. The lowest BCUT2D eigenvalue weighted by Gasteiger charge is -2.24. The van der Waals surface area contributed by atoms with Crippen molar-refractivity contribution in [1.29, 1.82) is 0 Å². The second-order valence-corrected chi connectivity index (χ2v) is 5.13. The lowest BCUT2D eigenvalue weighted by atomic mass is 9.95. The first kappa shape index (κ1) is 11.2. The van der Waals surface area contributed by atoms with E-state index in [0.29, 0.717) is 0 Å². The molecule has 1 N–H and O–H groups in total. The fraction of sp³-hybridized carbons (Fsp3) is 0.429. The highest BCUT2D eigenvalue weighted by Gasteiger charge is 2.15. The van der Waals surface area contributed by atoms with Crippen molar-refractivity contribution in [3.8, 4) is 0 Å². The normalized spacial score (nSPS) is 12.2. The molecule has 2 heteroatoms. The summed E-state index contributed by atoms with van der Waals surface area (Å²) in [6, 6.07) is 8.87. The predicted octanol–water partition coefficient (Wildman–Crippen LogP) is 2.72. The average Bonchev–Trinajstić information content (AvgIpc) is 2.60. The van der Waals surface area contributed by atoms with Crippen LogP contribution in [0.25, 0.3) is 10.9 Å². The Hall–Kier alpha value is -1.28. The van der Waals surface area contributed by atoms with Crippen molar-refractivity contribution in [2.45, 2.75) is 25.8 Å². The summed E-state index contributed by atoms with van der Waals surface area (Å²) in [5.74, 6) is 0. The van der Waals surface area contributed by atoms with Gasteiger partial charge in [0.25, 0.3) is 0 Å². The summed E-state index contributed by atoms with van der Waals surface area (Å²) < 4.78 is 2.17. The fourth-order valence-corrected chi connectivity index (χ4v) is 2.02. The van der Waals surface area contributed by atoms with Gasteiger partial charge >= 0.3 is 0 Å². The minimum absolute atomic E-state index is 0.152. The molecular formula is C14H20N2. The summed E-state index contributed by atoms with van der Waals surface area (Å²) in [5, 5.41) is 4.65. The second-order valence-electron chi connectivity index (χ2n) is 5.13. The van der Waals surface area contributed by atoms with Crippen molar-refractivity contribution in [1.82, 2.24) is 9.88 Å². The first-order valence-corrected chi connectivity index (χ1v) is 5.75. The Kier molecular flexibility index (Phi) is 2.76. The standard InChI is InChI=1S/C14H20N2/c1-14(2,15-3)10-11-5-6-12-7-8-16(4)13(12)9-11/h5-9,15H,10H2,1-4H3. The number of nitrogens with one attached hydrogen (secondary N) is 1. The van der Waals surface area contributed by atoms with Crippen LogP contribution in [0.3, 0.4) is 0 Å². The molecule has 2 nitrogen and oxygen atoms in total. The third-order valence-electron chi connectivity index (χ3n) is 3.28. The number of likely N-dealkylation sites (N-methyl/N-ethyl adjacent to an activating group) is 1. The Bertz CT molecular complexity index is 494. The molecule has 0 aliphatic rings. The summed E-state index contributed by atoms with van der Waals surface area (Å²) in [6.07, 6.45) is 3.16. The molecule has 0 unspecified atom stereocenters. The predicted molar refractivity (Wildman–Crippen MR) is 69.8 cm³/mol. The van der Waals surface area contributed by atoms with Gasteiger partial charge in [0.2, 0.25) is 0 Å². The van der Waals surface area contributed by atoms with Crippen LogP contribution >= 0.6 is 0 Å². The van der Waals surface area contributed by atoms with Gasteiger partial charge < -0.3 is 9.88 Å². The quantitative estimate of drug-likeness (QED) is 0.834. The van der Waals surface area contributed by atoms with E-state index in [1.807, 2.05) is 7.05 Å². The van der Waals surface area contributed by atoms with E-state index in [2.05, 4.69) is 61.2 Å². The summed E-state index contributed by atoms with van der Waals surface area (Å²) in [6.45, 7) is 4.45. The molecule has 0 atom stereocenters. The fourth-order valence-electron chi connectivity index (χ4n) is 2.02. The number of benzene rings is 1. The Labute approximate surface area is 97.3 Å². The van der Waals surface area contributed by atoms with Gasteiger partial charge in [0.15, 0.2) is 0 Å². The van der Waals surface area contributed by atoms with Gasteiger partial charge in [0, 0.05) is 24.3 Å². The van der Waals surface area contributed by atoms with E-state index in [4.69, 9.17) is 0 Å². The zero-order valence-corrected chi connectivity index (χ0v) is 10.5. The van der Waals surface area contributed by atoms with Gasteiger partial charge in [0.05, 0.1) is 0 Å². The minimum atomic E-state index is 0.152. The van der Waals surface area contributed by atoms with Crippen LogP contribution < -0.4 is 5.32 Å². The molecule has 1 aromatic carbocycles. The van der Waals surface area contributed by atoms with Gasteiger partial charge in [-0.05, 0) is 50.4 Å². The highest BCUT2D eigenvalue weighted by Crippen LogP contribution is 2.19. The number of hydrogen-bond acceptors (Lipinski definition) is 1. The van der Waals surface area contributed by atoms with Crippen LogP contribution in [-0.2, 0) is 13.5 Å². The van der Waals surface area contributed by atoms with Gasteiger partial charge in [-0.15, -0.1) is 0 Å². The molecule has 0 spiro atoms. The maximum Gasteiger partial charge on any atom is 0.0480 e. The summed E-state index contributed by atoms with van der Waals surface area (Å²) in [7, 11) is 4.11. The van der Waals surface area contributed by atoms with E-state index >= 15 is 0 Å². The Morgan fingerprint density at radius 1 is 1.25 bits per heavy atom. The van der Waals surface area contributed by atoms with Crippen LogP contribution in [0, 0.1) is 0 Å². The summed E-state index contributed by atoms with van der Waals surface area (Å²) >= 11 is 0. The molecular weight excluding hydrogens is 196 g/mol. The number of rotatable bonds is 3. The molecule has 86 valence electrons. The number of nitrogens with zero attached hydrogens (tertiary/aromatic N) is 1. The van der Waals surface area contributed by atoms with Crippen molar-refractivity contribution in [3.63, 3.8) is 0 Å². The molecule has 0 bridgehead atoms. The molecule has 0 aliphatic carbocycles. The largest absolute Gasteiger partial charge is 0.351 e. The molecule has 2 aromatic rings. The van der Waals surface area contributed by atoms with Crippen LogP contribution in [0.1, 0.15) is 19.4 Å². The van der Waals surface area contributed by atoms with E-state index in [0.717, 1.165) is 6.42 Å².